The molecule has 0 unspecified atom stereocenters. The fourth-order valence-electron chi connectivity index (χ4n) is 2.01. The predicted octanol–water partition coefficient (Wildman–Crippen LogP) is 3.09. The number of rotatable bonds is 4. The maximum absolute atomic E-state index is 12.6. The first-order valence-electron chi connectivity index (χ1n) is 7.26. The number of ether oxygens (including phenoxy) is 1. The number of aryl methyl sites for hydroxylation is 1. The third-order valence-electron chi connectivity index (χ3n) is 3.24. The average Bonchev–Trinajstić information content (AvgIpc) is 2.61. The number of hydrogen-bond donors (Lipinski definition) is 0. The minimum absolute atomic E-state index is 0.134. The molecule has 0 spiro atoms. The number of halogens is 3. The van der Waals surface area contributed by atoms with Gasteiger partial charge in [-0.1, -0.05) is 24.3 Å². The van der Waals surface area contributed by atoms with Crippen LogP contribution in [0.3, 0.4) is 0 Å². The molecule has 2 aromatic carbocycles. The Bertz CT molecular complexity index is 975. The van der Waals surface area contributed by atoms with Crippen molar-refractivity contribution in [3.63, 3.8) is 0 Å². The van der Waals surface area contributed by atoms with E-state index in [0.717, 1.165) is 0 Å². The molecule has 0 saturated carbocycles. The molecule has 0 aliphatic rings. The average molecular weight is 418 g/mol. The summed E-state index contributed by atoms with van der Waals surface area (Å²) in [6, 6.07) is 9.92. The van der Waals surface area contributed by atoms with Gasteiger partial charge in [-0.25, -0.2) is 4.79 Å². The van der Waals surface area contributed by atoms with Crippen molar-refractivity contribution in [1.29, 1.82) is 0 Å². The number of hydrogen-bond acceptors (Lipinski definition) is 7. The van der Waals surface area contributed by atoms with Gasteiger partial charge in [0, 0.05) is 5.56 Å². The molecule has 2 rings (SSSR count). The lowest BCUT2D eigenvalue weighted by molar-refractivity contribution is -0.191. The zero-order chi connectivity index (χ0) is 21.5. The fraction of sp³-hybridized carbons (Fsp3) is 0.176. The van der Waals surface area contributed by atoms with E-state index >= 15 is 0 Å². The molecule has 7 nitrogen and oxygen atoms in total. The maximum Gasteiger partial charge on any atom is 0.534 e. The molecule has 0 saturated heterocycles. The number of carbonyl (C=O) groups excluding carboxylic acids is 3. The van der Waals surface area contributed by atoms with Crippen molar-refractivity contribution in [2.24, 2.45) is 0 Å². The van der Waals surface area contributed by atoms with Crippen LogP contribution in [0.4, 0.5) is 13.2 Å². The minimum Gasteiger partial charge on any atom is -0.465 e. The summed E-state index contributed by atoms with van der Waals surface area (Å²) in [5, 5.41) is 0. The van der Waals surface area contributed by atoms with Crippen molar-refractivity contribution >= 4 is 22.2 Å². The van der Waals surface area contributed by atoms with E-state index in [9.17, 15) is 26.4 Å². The standard InChI is InChI=1S/C16H13F3O5S.CO2/c1-10-3-8-13(11-4-6-12(7-5-11)15(20)23-2)14(9-10)24-25(21,22)16(17,18)19;2-1-3/h3-9H,1-2H3;. The summed E-state index contributed by atoms with van der Waals surface area (Å²) in [6.07, 6.45) is 0.250. The van der Waals surface area contributed by atoms with E-state index in [2.05, 4.69) is 8.92 Å². The molecule has 0 radical (unpaired) electrons. The summed E-state index contributed by atoms with van der Waals surface area (Å²) in [6.45, 7) is 1.58. The first-order chi connectivity index (χ1) is 13.0. The zero-order valence-corrected chi connectivity index (χ0v) is 15.3. The third-order valence-corrected chi connectivity index (χ3v) is 4.20. The lowest BCUT2D eigenvalue weighted by Gasteiger charge is -2.14. The normalized spacial score (nSPS) is 10.9. The Kier molecular flexibility index (Phi) is 7.48. The van der Waals surface area contributed by atoms with Gasteiger partial charge in [-0.05, 0) is 36.2 Å². The van der Waals surface area contributed by atoms with E-state index in [1.807, 2.05) is 0 Å². The number of esters is 1. The van der Waals surface area contributed by atoms with Crippen LogP contribution in [0.2, 0.25) is 0 Å². The maximum atomic E-state index is 12.6. The van der Waals surface area contributed by atoms with Gasteiger partial charge >= 0.3 is 27.7 Å². The lowest BCUT2D eigenvalue weighted by atomic mass is 10.0. The monoisotopic (exact) mass is 418 g/mol. The second-order valence-corrected chi connectivity index (χ2v) is 6.67. The van der Waals surface area contributed by atoms with E-state index in [1.54, 1.807) is 13.0 Å². The van der Waals surface area contributed by atoms with Gasteiger partial charge in [0.15, 0.2) is 5.75 Å². The molecule has 0 aliphatic heterocycles. The summed E-state index contributed by atoms with van der Waals surface area (Å²) < 4.78 is 69.1. The van der Waals surface area contributed by atoms with Crippen molar-refractivity contribution in [1.82, 2.24) is 0 Å². The van der Waals surface area contributed by atoms with Crippen LogP contribution in [0.5, 0.6) is 5.75 Å². The van der Waals surface area contributed by atoms with Gasteiger partial charge in [0.05, 0.1) is 12.7 Å². The largest absolute Gasteiger partial charge is 0.534 e. The molecule has 0 heterocycles. The van der Waals surface area contributed by atoms with E-state index < -0.39 is 27.3 Å². The van der Waals surface area contributed by atoms with Crippen LogP contribution >= 0.6 is 0 Å². The van der Waals surface area contributed by atoms with Crippen LogP contribution in [0.15, 0.2) is 42.5 Å². The highest BCUT2D eigenvalue weighted by Crippen LogP contribution is 2.35. The van der Waals surface area contributed by atoms with Gasteiger partial charge in [-0.3, -0.25) is 0 Å². The van der Waals surface area contributed by atoms with Crippen LogP contribution in [0, 0.1) is 6.92 Å². The molecule has 0 aromatic heterocycles. The Morgan fingerprint density at radius 2 is 1.57 bits per heavy atom. The van der Waals surface area contributed by atoms with Crippen LogP contribution in [0.25, 0.3) is 11.1 Å². The van der Waals surface area contributed by atoms with Crippen molar-refractivity contribution in [2.45, 2.75) is 12.4 Å². The highest BCUT2D eigenvalue weighted by atomic mass is 32.2. The second-order valence-electron chi connectivity index (χ2n) is 5.14. The molecule has 0 fully saturated rings. The quantitative estimate of drug-likeness (QED) is 0.427. The Morgan fingerprint density at radius 1 is 1.04 bits per heavy atom. The topological polar surface area (TPSA) is 104 Å². The lowest BCUT2D eigenvalue weighted by Crippen LogP contribution is -2.28. The highest BCUT2D eigenvalue weighted by molar-refractivity contribution is 7.88. The Hall–Kier alpha value is -3.17. The number of benzene rings is 2. The van der Waals surface area contributed by atoms with Crippen molar-refractivity contribution in [2.75, 3.05) is 7.11 Å². The number of alkyl halides is 3. The van der Waals surface area contributed by atoms with Gasteiger partial charge in [-0.15, -0.1) is 0 Å². The second kappa shape index (κ2) is 9.16. The molecule has 28 heavy (non-hydrogen) atoms. The molecule has 0 bridgehead atoms. The Labute approximate surface area is 157 Å². The van der Waals surface area contributed by atoms with Crippen LogP contribution in [-0.4, -0.2) is 33.2 Å². The van der Waals surface area contributed by atoms with Gasteiger partial charge in [0.1, 0.15) is 0 Å². The van der Waals surface area contributed by atoms with Gasteiger partial charge < -0.3 is 8.92 Å². The fourth-order valence-corrected chi connectivity index (χ4v) is 2.47. The van der Waals surface area contributed by atoms with Gasteiger partial charge in [0.25, 0.3) is 0 Å². The predicted molar refractivity (Wildman–Crippen MR) is 88.6 cm³/mol. The third kappa shape index (κ3) is 5.66. The molecule has 11 heteroatoms. The molecule has 0 N–H and O–H groups in total. The summed E-state index contributed by atoms with van der Waals surface area (Å²) in [7, 11) is -4.59. The Morgan fingerprint density at radius 3 is 2.04 bits per heavy atom. The highest BCUT2D eigenvalue weighted by Gasteiger charge is 2.48. The van der Waals surface area contributed by atoms with Gasteiger partial charge in [0.2, 0.25) is 0 Å². The smallest absolute Gasteiger partial charge is 0.465 e. The molecule has 0 aliphatic carbocycles. The first-order valence-corrected chi connectivity index (χ1v) is 8.67. The van der Waals surface area contributed by atoms with E-state index in [0.29, 0.717) is 11.1 Å². The molecule has 150 valence electrons. The minimum atomic E-state index is -5.80. The van der Waals surface area contributed by atoms with E-state index in [4.69, 9.17) is 9.59 Å². The zero-order valence-electron chi connectivity index (χ0n) is 14.4. The first kappa shape index (κ1) is 22.9. The van der Waals surface area contributed by atoms with Gasteiger partial charge in [-0.2, -0.15) is 31.2 Å². The molecular formula is C17H13F3O7S. The van der Waals surface area contributed by atoms with Crippen molar-refractivity contribution < 1.29 is 44.9 Å². The summed E-state index contributed by atoms with van der Waals surface area (Å²) >= 11 is 0. The summed E-state index contributed by atoms with van der Waals surface area (Å²) in [5.41, 5.74) is -4.27. The summed E-state index contributed by atoms with van der Waals surface area (Å²) in [4.78, 5) is 27.7. The Balaban J connectivity index is 0.00000122. The van der Waals surface area contributed by atoms with E-state index in [-0.39, 0.29) is 17.3 Å². The molecular weight excluding hydrogens is 405 g/mol. The molecule has 0 amide bonds. The van der Waals surface area contributed by atoms with Crippen molar-refractivity contribution in [3.8, 4) is 16.9 Å². The van der Waals surface area contributed by atoms with Crippen LogP contribution in [-0.2, 0) is 24.4 Å². The van der Waals surface area contributed by atoms with Crippen molar-refractivity contribution in [3.05, 3.63) is 53.6 Å². The molecule has 0 atom stereocenters. The number of methoxy groups -OCH3 is 1. The van der Waals surface area contributed by atoms with E-state index in [1.165, 1.54) is 43.5 Å². The van der Waals surface area contributed by atoms with Crippen LogP contribution in [0.1, 0.15) is 15.9 Å². The molecule has 2 aromatic rings. The summed E-state index contributed by atoms with van der Waals surface area (Å²) in [5.74, 6) is -1.03. The SMILES string of the molecule is COC(=O)c1ccc(-c2ccc(C)cc2OS(=O)(=O)C(F)(F)F)cc1.O=C=O. The van der Waals surface area contributed by atoms with Crippen LogP contribution < -0.4 is 4.18 Å². The number of carbonyl (C=O) groups is 1.